The van der Waals surface area contributed by atoms with E-state index in [1.54, 1.807) is 41.1 Å². The first kappa shape index (κ1) is 24.4. The number of carbonyl (C=O) groups is 2. The number of nitrogens with two attached hydrogens (primary N) is 1. The molecule has 0 saturated heterocycles. The fourth-order valence-corrected chi connectivity index (χ4v) is 3.70. The van der Waals surface area contributed by atoms with Gasteiger partial charge in [-0.2, -0.15) is 5.10 Å². The molecule has 174 valence electrons. The van der Waals surface area contributed by atoms with Crippen LogP contribution in [0.5, 0.6) is 0 Å². The van der Waals surface area contributed by atoms with Crippen molar-refractivity contribution in [2.75, 3.05) is 13.2 Å². The zero-order valence-corrected chi connectivity index (χ0v) is 19.6. The van der Waals surface area contributed by atoms with Crippen molar-refractivity contribution in [3.63, 3.8) is 0 Å². The van der Waals surface area contributed by atoms with Gasteiger partial charge < -0.3 is 10.1 Å². The van der Waals surface area contributed by atoms with Crippen molar-refractivity contribution in [2.24, 2.45) is 5.14 Å². The number of amides is 1. The Morgan fingerprint density at radius 2 is 1.73 bits per heavy atom. The Bertz CT molecular complexity index is 1270. The molecule has 11 heteroatoms. The normalized spacial score (nSPS) is 11.3. The molecule has 0 unspecified atom stereocenters. The van der Waals surface area contributed by atoms with E-state index in [0.717, 1.165) is 16.9 Å². The Kier molecular flexibility index (Phi) is 7.52. The standard InChI is InChI=1S/C22H23ClN4O5S/c1-14-21(23)15(2)27(26-14)18-7-5-17(6-8-18)22(29)32-13-20(28)25-12-11-16-3-9-19(10-4-16)33(24,30)31/h3-10H,11-13H2,1-2H3,(H,25,28)(H2,24,30,31). The van der Waals surface area contributed by atoms with Crippen molar-refractivity contribution >= 4 is 33.5 Å². The zero-order chi connectivity index (χ0) is 24.2. The highest BCUT2D eigenvalue weighted by atomic mass is 35.5. The summed E-state index contributed by atoms with van der Waals surface area (Å²) in [6.07, 6.45) is 0.475. The molecule has 2 aromatic carbocycles. The number of halogens is 1. The number of sulfonamides is 1. The van der Waals surface area contributed by atoms with Crippen LogP contribution in [0.4, 0.5) is 0 Å². The SMILES string of the molecule is Cc1nn(-c2ccc(C(=O)OCC(=O)NCCc3ccc(S(N)(=O)=O)cc3)cc2)c(C)c1Cl. The predicted molar refractivity (Wildman–Crippen MR) is 123 cm³/mol. The van der Waals surface area contributed by atoms with Crippen molar-refractivity contribution in [2.45, 2.75) is 25.2 Å². The number of benzene rings is 2. The first-order chi connectivity index (χ1) is 15.6. The van der Waals surface area contributed by atoms with Gasteiger partial charge in [0.25, 0.3) is 5.91 Å². The highest BCUT2D eigenvalue weighted by molar-refractivity contribution is 7.89. The minimum Gasteiger partial charge on any atom is -0.452 e. The van der Waals surface area contributed by atoms with E-state index in [-0.39, 0.29) is 4.90 Å². The van der Waals surface area contributed by atoms with Gasteiger partial charge in [-0.1, -0.05) is 23.7 Å². The molecule has 0 aliphatic carbocycles. The number of hydrogen-bond acceptors (Lipinski definition) is 6. The van der Waals surface area contributed by atoms with Gasteiger partial charge in [0.2, 0.25) is 10.0 Å². The summed E-state index contributed by atoms with van der Waals surface area (Å²) in [5.41, 5.74) is 3.37. The van der Waals surface area contributed by atoms with Crippen LogP contribution in [-0.2, 0) is 26.0 Å². The number of nitrogens with one attached hydrogen (secondary N) is 1. The summed E-state index contributed by atoms with van der Waals surface area (Å²) in [7, 11) is -3.74. The van der Waals surface area contributed by atoms with Gasteiger partial charge >= 0.3 is 5.97 Å². The van der Waals surface area contributed by atoms with Gasteiger partial charge in [0.05, 0.1) is 32.6 Å². The topological polar surface area (TPSA) is 133 Å². The number of hydrogen-bond donors (Lipinski definition) is 2. The second kappa shape index (κ2) is 10.2. The number of esters is 1. The van der Waals surface area contributed by atoms with E-state index in [9.17, 15) is 18.0 Å². The number of carbonyl (C=O) groups excluding carboxylic acids is 2. The van der Waals surface area contributed by atoms with Crippen LogP contribution in [0.2, 0.25) is 5.02 Å². The second-order valence-electron chi connectivity index (χ2n) is 7.31. The number of nitrogens with zero attached hydrogens (tertiary/aromatic N) is 2. The van der Waals surface area contributed by atoms with Gasteiger partial charge in [0.15, 0.2) is 6.61 Å². The van der Waals surface area contributed by atoms with Crippen LogP contribution in [0.3, 0.4) is 0 Å². The summed E-state index contributed by atoms with van der Waals surface area (Å²) in [5, 5.41) is 12.7. The lowest BCUT2D eigenvalue weighted by Crippen LogP contribution is -2.30. The molecule has 3 rings (SSSR count). The smallest absolute Gasteiger partial charge is 0.338 e. The number of aryl methyl sites for hydroxylation is 1. The molecule has 3 N–H and O–H groups in total. The number of primary sulfonamides is 1. The van der Waals surface area contributed by atoms with E-state index in [1.165, 1.54) is 12.1 Å². The van der Waals surface area contributed by atoms with E-state index in [0.29, 0.717) is 29.2 Å². The van der Waals surface area contributed by atoms with Crippen LogP contribution in [0.25, 0.3) is 5.69 Å². The molecule has 0 atom stereocenters. The predicted octanol–water partition coefficient (Wildman–Crippen LogP) is 2.31. The number of aromatic nitrogens is 2. The molecule has 33 heavy (non-hydrogen) atoms. The maximum absolute atomic E-state index is 12.2. The van der Waals surface area contributed by atoms with Crippen LogP contribution in [0.1, 0.15) is 27.3 Å². The first-order valence-corrected chi connectivity index (χ1v) is 11.9. The van der Waals surface area contributed by atoms with E-state index in [4.69, 9.17) is 21.5 Å². The van der Waals surface area contributed by atoms with Crippen LogP contribution < -0.4 is 10.5 Å². The first-order valence-electron chi connectivity index (χ1n) is 9.94. The van der Waals surface area contributed by atoms with Crippen molar-refractivity contribution in [3.8, 4) is 5.69 Å². The summed E-state index contributed by atoms with van der Waals surface area (Å²) in [6.45, 7) is 3.54. The van der Waals surface area contributed by atoms with Crippen molar-refractivity contribution in [3.05, 3.63) is 76.1 Å². The van der Waals surface area contributed by atoms with Gasteiger partial charge in [0, 0.05) is 6.54 Å². The maximum atomic E-state index is 12.2. The lowest BCUT2D eigenvalue weighted by Gasteiger charge is -2.08. The lowest BCUT2D eigenvalue weighted by atomic mass is 10.1. The molecule has 0 spiro atoms. The molecule has 3 aromatic rings. The molecular weight excluding hydrogens is 468 g/mol. The Balaban J connectivity index is 1.46. The third-order valence-electron chi connectivity index (χ3n) is 4.87. The fraction of sp³-hybridized carbons (Fsp3) is 0.227. The Morgan fingerprint density at radius 3 is 2.27 bits per heavy atom. The van der Waals surface area contributed by atoms with Gasteiger partial charge in [0.1, 0.15) is 0 Å². The molecule has 0 bridgehead atoms. The molecule has 1 amide bonds. The third-order valence-corrected chi connectivity index (χ3v) is 6.35. The van der Waals surface area contributed by atoms with Crippen molar-refractivity contribution in [1.82, 2.24) is 15.1 Å². The summed E-state index contributed by atoms with van der Waals surface area (Å²) in [5.74, 6) is -1.07. The van der Waals surface area contributed by atoms with Gasteiger partial charge in [-0.3, -0.25) is 4.79 Å². The van der Waals surface area contributed by atoms with E-state index in [1.807, 2.05) is 13.8 Å². The average Bonchev–Trinajstić information content (AvgIpc) is 3.04. The Hall–Kier alpha value is -3.21. The van der Waals surface area contributed by atoms with Gasteiger partial charge in [-0.05, 0) is 62.2 Å². The largest absolute Gasteiger partial charge is 0.452 e. The highest BCUT2D eigenvalue weighted by Crippen LogP contribution is 2.22. The van der Waals surface area contributed by atoms with E-state index >= 15 is 0 Å². The summed E-state index contributed by atoms with van der Waals surface area (Å²) < 4.78 is 29.3. The van der Waals surface area contributed by atoms with Gasteiger partial charge in [-0.25, -0.2) is 23.0 Å². The highest BCUT2D eigenvalue weighted by Gasteiger charge is 2.13. The van der Waals surface area contributed by atoms with Gasteiger partial charge in [-0.15, -0.1) is 0 Å². The van der Waals surface area contributed by atoms with E-state index < -0.39 is 28.5 Å². The molecule has 0 aliphatic heterocycles. The van der Waals surface area contributed by atoms with Crippen LogP contribution in [0, 0.1) is 13.8 Å². The number of rotatable bonds is 8. The minimum absolute atomic E-state index is 0.0221. The summed E-state index contributed by atoms with van der Waals surface area (Å²) in [4.78, 5) is 24.2. The molecular formula is C22H23ClN4O5S. The fourth-order valence-electron chi connectivity index (χ4n) is 3.07. The van der Waals surface area contributed by atoms with Crippen molar-refractivity contribution in [1.29, 1.82) is 0 Å². The molecule has 0 saturated carbocycles. The van der Waals surface area contributed by atoms with Crippen LogP contribution in [-0.4, -0.2) is 43.2 Å². The van der Waals surface area contributed by atoms with Crippen LogP contribution >= 0.6 is 11.6 Å². The molecule has 1 heterocycles. The molecule has 0 radical (unpaired) electrons. The molecule has 9 nitrogen and oxygen atoms in total. The molecule has 0 fully saturated rings. The summed E-state index contributed by atoms with van der Waals surface area (Å²) >= 11 is 6.17. The lowest BCUT2D eigenvalue weighted by molar-refractivity contribution is -0.124. The summed E-state index contributed by atoms with van der Waals surface area (Å²) in [6, 6.07) is 12.7. The maximum Gasteiger partial charge on any atom is 0.338 e. The van der Waals surface area contributed by atoms with Crippen molar-refractivity contribution < 1.29 is 22.7 Å². The zero-order valence-electron chi connectivity index (χ0n) is 18.0. The van der Waals surface area contributed by atoms with E-state index in [2.05, 4.69) is 10.4 Å². The molecule has 1 aromatic heterocycles. The quantitative estimate of drug-likeness (QED) is 0.465. The Morgan fingerprint density at radius 1 is 1.09 bits per heavy atom. The number of ether oxygens (including phenoxy) is 1. The average molecular weight is 491 g/mol. The monoisotopic (exact) mass is 490 g/mol. The third kappa shape index (κ3) is 6.19. The van der Waals surface area contributed by atoms with Crippen LogP contribution in [0.15, 0.2) is 53.4 Å². The molecule has 0 aliphatic rings. The Labute approximate surface area is 196 Å². The second-order valence-corrected chi connectivity index (χ2v) is 9.25. The minimum atomic E-state index is -3.74.